The lowest BCUT2D eigenvalue weighted by molar-refractivity contribution is 0.580. The van der Waals surface area contributed by atoms with Gasteiger partial charge in [0, 0.05) is 6.42 Å². The Morgan fingerprint density at radius 3 is 2.71 bits per heavy atom. The Bertz CT molecular complexity index is 433. The summed E-state index contributed by atoms with van der Waals surface area (Å²) in [4.78, 5) is 3.70. The van der Waals surface area contributed by atoms with Gasteiger partial charge in [-0.25, -0.2) is 13.4 Å². The maximum Gasteiger partial charge on any atom is 0.259 e. The average molecular weight is 212 g/mol. The van der Waals surface area contributed by atoms with Crippen molar-refractivity contribution in [1.29, 1.82) is 0 Å². The van der Waals surface area contributed by atoms with Crippen LogP contribution in [0.15, 0.2) is 25.3 Å². The van der Waals surface area contributed by atoms with Gasteiger partial charge in [-0.3, -0.25) is 0 Å². The lowest BCUT2D eigenvalue weighted by atomic mass is 10.4. The van der Waals surface area contributed by atoms with Crippen molar-refractivity contribution in [3.8, 4) is 0 Å². The van der Waals surface area contributed by atoms with E-state index < -0.39 is 10.0 Å². The highest BCUT2D eigenvalue weighted by atomic mass is 32.2. The summed E-state index contributed by atoms with van der Waals surface area (Å²) in [6, 6.07) is 0. The first-order valence-corrected chi connectivity index (χ1v) is 5.49. The van der Waals surface area contributed by atoms with E-state index in [1.165, 1.54) is 6.08 Å². The molecule has 0 saturated heterocycles. The molecular weight excluding hydrogens is 202 g/mol. The molecule has 0 unspecified atom stereocenters. The Hall–Kier alpha value is -1.43. The van der Waals surface area contributed by atoms with E-state index in [2.05, 4.69) is 29.6 Å². The summed E-state index contributed by atoms with van der Waals surface area (Å²) in [5.74, 6) is 0.135. The second-order valence-corrected chi connectivity index (χ2v) is 4.37. The molecule has 1 rings (SSSR count). The van der Waals surface area contributed by atoms with Gasteiger partial charge in [-0.1, -0.05) is 12.2 Å². The predicted molar refractivity (Wildman–Crippen MR) is 52.1 cm³/mol. The van der Waals surface area contributed by atoms with E-state index in [1.54, 1.807) is 6.08 Å². The van der Waals surface area contributed by atoms with Gasteiger partial charge in [0.25, 0.3) is 10.0 Å². The van der Waals surface area contributed by atoms with Gasteiger partial charge in [0.1, 0.15) is 5.82 Å². The molecule has 0 aliphatic carbocycles. The molecule has 1 heterocycles. The van der Waals surface area contributed by atoms with Gasteiger partial charge in [0.2, 0.25) is 6.33 Å². The van der Waals surface area contributed by atoms with E-state index in [1.807, 2.05) is 0 Å². The van der Waals surface area contributed by atoms with E-state index in [4.69, 9.17) is 0 Å². The summed E-state index contributed by atoms with van der Waals surface area (Å²) in [5, 5.41) is 3.52. The molecule has 0 aromatic carbocycles. The molecule has 1 radical (unpaired) electrons. The van der Waals surface area contributed by atoms with Crippen LogP contribution in [-0.2, 0) is 16.4 Å². The van der Waals surface area contributed by atoms with Gasteiger partial charge in [-0.15, -0.1) is 22.3 Å². The third kappa shape index (κ3) is 2.08. The van der Waals surface area contributed by atoms with Gasteiger partial charge in [-0.2, -0.15) is 0 Å². The number of nitrogens with zero attached hydrogens (tertiary/aromatic N) is 3. The minimum Gasteiger partial charge on any atom is -0.207 e. The van der Waals surface area contributed by atoms with Crippen molar-refractivity contribution in [3.63, 3.8) is 0 Å². The summed E-state index contributed by atoms with van der Waals surface area (Å²) in [6.45, 7) is 6.86. The first kappa shape index (κ1) is 10.6. The zero-order valence-corrected chi connectivity index (χ0v) is 8.37. The second kappa shape index (κ2) is 4.19. The fourth-order valence-corrected chi connectivity index (χ4v) is 1.95. The van der Waals surface area contributed by atoms with Crippen LogP contribution in [0.5, 0.6) is 0 Å². The van der Waals surface area contributed by atoms with Crippen molar-refractivity contribution in [3.05, 3.63) is 37.5 Å². The van der Waals surface area contributed by atoms with Crippen LogP contribution >= 0.6 is 0 Å². The van der Waals surface area contributed by atoms with Gasteiger partial charge < -0.3 is 0 Å². The molecular formula is C8H10N3O2S. The standard InChI is InChI=1S/C8H10N3O2S/c1-3-5-8-9-7-10-11(8)14(12,13)6-4-2/h3-4H,1-2,5-6H2. The van der Waals surface area contributed by atoms with Gasteiger partial charge in [0.05, 0.1) is 5.75 Å². The van der Waals surface area contributed by atoms with Crippen LogP contribution in [0.1, 0.15) is 5.82 Å². The van der Waals surface area contributed by atoms with Gasteiger partial charge in [0.15, 0.2) is 0 Å². The summed E-state index contributed by atoms with van der Waals surface area (Å²) in [5.41, 5.74) is 0. The first-order valence-electron chi connectivity index (χ1n) is 3.89. The third-order valence-corrected chi connectivity index (χ3v) is 2.93. The van der Waals surface area contributed by atoms with Gasteiger partial charge >= 0.3 is 0 Å². The molecule has 6 heteroatoms. The van der Waals surface area contributed by atoms with E-state index in [0.29, 0.717) is 12.2 Å². The maximum absolute atomic E-state index is 11.5. The zero-order chi connectivity index (χ0) is 10.6. The van der Waals surface area contributed by atoms with E-state index >= 15 is 0 Å². The number of allylic oxidation sites excluding steroid dienone is 1. The fraction of sp³-hybridized carbons (Fsp3) is 0.250. The maximum atomic E-state index is 11.5. The second-order valence-electron chi connectivity index (χ2n) is 2.53. The van der Waals surface area contributed by atoms with Crippen molar-refractivity contribution >= 4 is 10.0 Å². The minimum absolute atomic E-state index is 0.172. The quantitative estimate of drug-likeness (QED) is 0.653. The molecule has 1 aromatic heterocycles. The molecule has 0 bridgehead atoms. The Labute approximate surface area is 82.8 Å². The highest BCUT2D eigenvalue weighted by Gasteiger charge is 2.16. The first-order chi connectivity index (χ1) is 6.61. The average Bonchev–Trinajstić information content (AvgIpc) is 2.53. The van der Waals surface area contributed by atoms with Crippen molar-refractivity contribution in [2.75, 3.05) is 5.75 Å². The van der Waals surface area contributed by atoms with Crippen LogP contribution in [0.2, 0.25) is 0 Å². The molecule has 0 atom stereocenters. The monoisotopic (exact) mass is 212 g/mol. The third-order valence-electron chi connectivity index (χ3n) is 1.45. The minimum atomic E-state index is -3.47. The molecule has 0 amide bonds. The summed E-state index contributed by atoms with van der Waals surface area (Å²) >= 11 is 0. The highest BCUT2D eigenvalue weighted by Crippen LogP contribution is 2.02. The molecule has 75 valence electrons. The van der Waals surface area contributed by atoms with Crippen LogP contribution in [0, 0.1) is 6.33 Å². The van der Waals surface area contributed by atoms with E-state index in [-0.39, 0.29) is 5.75 Å². The Balaban J connectivity index is 3.11. The SMILES string of the molecule is C=CCc1n[c]nn1S(=O)(=O)CC=C. The largest absolute Gasteiger partial charge is 0.259 e. The highest BCUT2D eigenvalue weighted by molar-refractivity contribution is 7.89. The predicted octanol–water partition coefficient (Wildman–Crippen LogP) is 0.171. The molecule has 0 N–H and O–H groups in total. The lowest BCUT2D eigenvalue weighted by Crippen LogP contribution is -2.19. The molecule has 0 aliphatic heterocycles. The van der Waals surface area contributed by atoms with Crippen LogP contribution in [0.4, 0.5) is 0 Å². The van der Waals surface area contributed by atoms with Crippen LogP contribution in [0.3, 0.4) is 0 Å². The molecule has 0 saturated carbocycles. The van der Waals surface area contributed by atoms with Crippen molar-refractivity contribution in [1.82, 2.24) is 14.2 Å². The number of aromatic nitrogens is 3. The van der Waals surface area contributed by atoms with E-state index in [0.717, 1.165) is 4.09 Å². The van der Waals surface area contributed by atoms with Crippen molar-refractivity contribution in [2.45, 2.75) is 6.42 Å². The summed E-state index contributed by atoms with van der Waals surface area (Å²) in [7, 11) is -3.47. The Kier molecular flexibility index (Phi) is 3.19. The summed E-state index contributed by atoms with van der Waals surface area (Å²) in [6.07, 6.45) is 5.44. The molecule has 1 aromatic rings. The molecule has 5 nitrogen and oxygen atoms in total. The molecule has 0 aliphatic rings. The smallest absolute Gasteiger partial charge is 0.207 e. The normalized spacial score (nSPS) is 11.1. The Morgan fingerprint density at radius 2 is 2.14 bits per heavy atom. The van der Waals surface area contributed by atoms with E-state index in [9.17, 15) is 8.42 Å². The Morgan fingerprint density at radius 1 is 1.43 bits per heavy atom. The number of rotatable bonds is 5. The molecule has 0 fully saturated rings. The van der Waals surface area contributed by atoms with Crippen LogP contribution < -0.4 is 0 Å². The van der Waals surface area contributed by atoms with Crippen LogP contribution in [-0.4, -0.2) is 28.3 Å². The van der Waals surface area contributed by atoms with Crippen molar-refractivity contribution < 1.29 is 8.42 Å². The number of hydrogen-bond donors (Lipinski definition) is 0. The molecule has 0 spiro atoms. The summed E-state index contributed by atoms with van der Waals surface area (Å²) < 4.78 is 23.9. The van der Waals surface area contributed by atoms with Crippen LogP contribution in [0.25, 0.3) is 0 Å². The van der Waals surface area contributed by atoms with Crippen molar-refractivity contribution in [2.24, 2.45) is 0 Å². The lowest BCUT2D eigenvalue weighted by Gasteiger charge is -2.02. The molecule has 14 heavy (non-hydrogen) atoms. The zero-order valence-electron chi connectivity index (χ0n) is 7.55. The number of hydrogen-bond acceptors (Lipinski definition) is 4. The topological polar surface area (TPSA) is 64.8 Å². The fourth-order valence-electron chi connectivity index (χ4n) is 0.916. The van der Waals surface area contributed by atoms with Gasteiger partial charge in [-0.05, 0) is 0 Å².